The van der Waals surface area contributed by atoms with Gasteiger partial charge in [-0.15, -0.1) is 0 Å². The number of phenolic OH excluding ortho intramolecular Hbond substituents is 1. The van der Waals surface area contributed by atoms with Crippen molar-refractivity contribution in [3.8, 4) is 5.75 Å². The second-order valence-electron chi connectivity index (χ2n) is 9.24. The van der Waals surface area contributed by atoms with Crippen molar-refractivity contribution < 1.29 is 14.7 Å². The van der Waals surface area contributed by atoms with Gasteiger partial charge in [0.25, 0.3) is 0 Å². The first-order valence-electron chi connectivity index (χ1n) is 13.4. The predicted molar refractivity (Wildman–Crippen MR) is 137 cm³/mol. The Labute approximate surface area is 202 Å². The first kappa shape index (κ1) is 29.0. The zero-order valence-corrected chi connectivity index (χ0v) is 21.0. The average molecular weight is 461 g/mol. The maximum Gasteiger partial charge on any atom is 0.239 e. The van der Waals surface area contributed by atoms with Gasteiger partial charge in [-0.05, 0) is 30.5 Å². The van der Waals surface area contributed by atoms with Crippen molar-refractivity contribution in [3.63, 3.8) is 0 Å². The number of carbonyl (C=O) groups is 2. The summed E-state index contributed by atoms with van der Waals surface area (Å²) in [5.41, 5.74) is 1.05. The normalized spacial score (nSPS) is 10.8. The van der Waals surface area contributed by atoms with E-state index in [0.717, 1.165) is 18.4 Å². The van der Waals surface area contributed by atoms with Gasteiger partial charge in [0.1, 0.15) is 5.75 Å². The number of benzene rings is 1. The van der Waals surface area contributed by atoms with Crippen LogP contribution in [0.2, 0.25) is 0 Å². The summed E-state index contributed by atoms with van der Waals surface area (Å²) >= 11 is 0. The van der Waals surface area contributed by atoms with Crippen LogP contribution in [0.3, 0.4) is 0 Å². The highest BCUT2D eigenvalue weighted by molar-refractivity contribution is 5.84. The SMILES string of the molecule is CCCCCCCCCCCCCCCCCC(=O)NCC(=O)NCCc1ccc(O)cc1. The van der Waals surface area contributed by atoms with E-state index in [1.54, 1.807) is 12.1 Å². The maximum atomic E-state index is 11.9. The minimum absolute atomic E-state index is 0.0349. The highest BCUT2D eigenvalue weighted by atomic mass is 16.3. The van der Waals surface area contributed by atoms with Gasteiger partial charge in [-0.1, -0.05) is 109 Å². The lowest BCUT2D eigenvalue weighted by atomic mass is 10.0. The van der Waals surface area contributed by atoms with Gasteiger partial charge in [0.15, 0.2) is 0 Å². The monoisotopic (exact) mass is 460 g/mol. The van der Waals surface area contributed by atoms with Gasteiger partial charge >= 0.3 is 0 Å². The summed E-state index contributed by atoms with van der Waals surface area (Å²) < 4.78 is 0. The molecule has 0 fully saturated rings. The van der Waals surface area contributed by atoms with Crippen molar-refractivity contribution in [1.29, 1.82) is 0 Å². The van der Waals surface area contributed by atoms with Gasteiger partial charge in [0.2, 0.25) is 11.8 Å². The second kappa shape index (κ2) is 20.6. The third kappa shape index (κ3) is 18.1. The quantitative estimate of drug-likeness (QED) is 0.185. The van der Waals surface area contributed by atoms with Crippen LogP contribution in [0.4, 0.5) is 0 Å². The van der Waals surface area contributed by atoms with Crippen LogP contribution in [-0.4, -0.2) is 30.0 Å². The molecule has 1 rings (SSSR count). The minimum Gasteiger partial charge on any atom is -0.508 e. The summed E-state index contributed by atoms with van der Waals surface area (Å²) in [7, 11) is 0. The molecule has 0 saturated carbocycles. The molecule has 5 nitrogen and oxygen atoms in total. The molecular formula is C28H48N2O3. The van der Waals surface area contributed by atoms with Gasteiger partial charge in [0, 0.05) is 13.0 Å². The summed E-state index contributed by atoms with van der Waals surface area (Å²) in [6.07, 6.45) is 20.8. The summed E-state index contributed by atoms with van der Waals surface area (Å²) in [4.78, 5) is 23.7. The van der Waals surface area contributed by atoms with Crippen LogP contribution in [0, 0.1) is 0 Å². The Kier molecular flexibility index (Phi) is 18.1. The van der Waals surface area contributed by atoms with Crippen LogP contribution in [0.5, 0.6) is 5.75 Å². The average Bonchev–Trinajstić information content (AvgIpc) is 2.81. The standard InChI is InChI=1S/C28H48N2O3/c1-2-3-4-5-6-7-8-9-10-11-12-13-14-15-16-17-27(32)30-24-28(33)29-23-22-25-18-20-26(31)21-19-25/h18-21,31H,2-17,22-24H2,1H3,(H,29,33)(H,30,32). The molecule has 0 saturated heterocycles. The largest absolute Gasteiger partial charge is 0.508 e. The number of rotatable bonds is 21. The molecule has 0 aliphatic heterocycles. The fourth-order valence-corrected chi connectivity index (χ4v) is 4.00. The lowest BCUT2D eigenvalue weighted by Crippen LogP contribution is -2.37. The van der Waals surface area contributed by atoms with Crippen molar-refractivity contribution >= 4 is 11.8 Å². The number of aromatic hydroxyl groups is 1. The fourth-order valence-electron chi connectivity index (χ4n) is 4.00. The molecule has 1 aromatic carbocycles. The molecule has 0 bridgehead atoms. The zero-order valence-electron chi connectivity index (χ0n) is 21.0. The first-order valence-corrected chi connectivity index (χ1v) is 13.4. The minimum atomic E-state index is -0.168. The Morgan fingerprint density at radius 1 is 0.667 bits per heavy atom. The Morgan fingerprint density at radius 2 is 1.15 bits per heavy atom. The van der Waals surface area contributed by atoms with Gasteiger partial charge < -0.3 is 15.7 Å². The lowest BCUT2D eigenvalue weighted by Gasteiger charge is -2.07. The van der Waals surface area contributed by atoms with Crippen molar-refractivity contribution in [2.24, 2.45) is 0 Å². The molecule has 2 amide bonds. The van der Waals surface area contributed by atoms with Gasteiger partial charge in [-0.3, -0.25) is 9.59 Å². The molecule has 188 valence electrons. The van der Waals surface area contributed by atoms with Gasteiger partial charge in [-0.25, -0.2) is 0 Å². The van der Waals surface area contributed by atoms with E-state index in [9.17, 15) is 14.7 Å². The Hall–Kier alpha value is -2.04. The van der Waals surface area contributed by atoms with E-state index >= 15 is 0 Å². The predicted octanol–water partition coefficient (Wildman–Crippen LogP) is 6.43. The smallest absolute Gasteiger partial charge is 0.239 e. The van der Waals surface area contributed by atoms with E-state index in [4.69, 9.17) is 0 Å². The zero-order chi connectivity index (χ0) is 24.0. The molecule has 0 aliphatic rings. The molecular weight excluding hydrogens is 412 g/mol. The van der Waals surface area contributed by atoms with Gasteiger partial charge in [-0.2, -0.15) is 0 Å². The van der Waals surface area contributed by atoms with E-state index in [0.29, 0.717) is 19.4 Å². The molecule has 0 radical (unpaired) electrons. The molecule has 0 atom stereocenters. The lowest BCUT2D eigenvalue weighted by molar-refractivity contribution is -0.126. The summed E-state index contributed by atoms with van der Waals surface area (Å²) in [5.74, 6) is 0.0246. The topological polar surface area (TPSA) is 78.4 Å². The number of phenols is 1. The van der Waals surface area contributed by atoms with E-state index in [-0.39, 0.29) is 24.1 Å². The molecule has 0 spiro atoms. The first-order chi connectivity index (χ1) is 16.1. The Bertz CT molecular complexity index is 616. The van der Waals surface area contributed by atoms with Crippen molar-refractivity contribution in [2.45, 2.75) is 116 Å². The van der Waals surface area contributed by atoms with Crippen LogP contribution >= 0.6 is 0 Å². The van der Waals surface area contributed by atoms with E-state index in [1.807, 2.05) is 12.1 Å². The number of nitrogens with one attached hydrogen (secondary N) is 2. The molecule has 1 aromatic rings. The number of unbranched alkanes of at least 4 members (excludes halogenated alkanes) is 14. The number of hydrogen-bond acceptors (Lipinski definition) is 3. The van der Waals surface area contributed by atoms with E-state index < -0.39 is 0 Å². The third-order valence-corrected chi connectivity index (χ3v) is 6.13. The van der Waals surface area contributed by atoms with Crippen molar-refractivity contribution in [3.05, 3.63) is 29.8 Å². The van der Waals surface area contributed by atoms with Crippen LogP contribution in [0.1, 0.15) is 115 Å². The number of hydrogen-bond donors (Lipinski definition) is 3. The summed E-state index contributed by atoms with van der Waals surface area (Å²) in [5, 5.41) is 14.8. The van der Waals surface area contributed by atoms with Crippen LogP contribution in [-0.2, 0) is 16.0 Å². The molecule has 0 heterocycles. The van der Waals surface area contributed by atoms with Crippen molar-refractivity contribution in [2.75, 3.05) is 13.1 Å². The van der Waals surface area contributed by atoms with E-state index in [2.05, 4.69) is 17.6 Å². The van der Waals surface area contributed by atoms with Gasteiger partial charge in [0.05, 0.1) is 6.54 Å². The molecule has 0 aromatic heterocycles. The molecule has 33 heavy (non-hydrogen) atoms. The Morgan fingerprint density at radius 3 is 1.67 bits per heavy atom. The molecule has 0 aliphatic carbocycles. The second-order valence-corrected chi connectivity index (χ2v) is 9.24. The fraction of sp³-hybridized carbons (Fsp3) is 0.714. The summed E-state index contributed by atoms with van der Waals surface area (Å²) in [6.45, 7) is 2.82. The highest BCUT2D eigenvalue weighted by Gasteiger charge is 2.05. The van der Waals surface area contributed by atoms with Crippen molar-refractivity contribution in [1.82, 2.24) is 10.6 Å². The molecule has 3 N–H and O–H groups in total. The summed E-state index contributed by atoms with van der Waals surface area (Å²) in [6, 6.07) is 6.94. The van der Waals surface area contributed by atoms with E-state index in [1.165, 1.54) is 83.5 Å². The Balaban J connectivity index is 1.83. The highest BCUT2D eigenvalue weighted by Crippen LogP contribution is 2.13. The van der Waals surface area contributed by atoms with Crippen LogP contribution < -0.4 is 10.6 Å². The van der Waals surface area contributed by atoms with Crippen LogP contribution in [0.15, 0.2) is 24.3 Å². The number of carbonyl (C=O) groups excluding carboxylic acids is 2. The van der Waals surface area contributed by atoms with Crippen LogP contribution in [0.25, 0.3) is 0 Å². The maximum absolute atomic E-state index is 11.9. The number of amides is 2. The molecule has 5 heteroatoms. The molecule has 0 unspecified atom stereocenters. The third-order valence-electron chi connectivity index (χ3n) is 6.13.